The Labute approximate surface area is 196 Å². The Morgan fingerprint density at radius 3 is 2.73 bits per heavy atom. The number of carbonyl (C=O) groups excluding carboxylic acids is 1. The molecule has 1 atom stereocenters. The van der Waals surface area contributed by atoms with Crippen LogP contribution in [0.25, 0.3) is 11.2 Å². The molecular weight excluding hydrogens is 443 g/mol. The third kappa shape index (κ3) is 5.31. The van der Waals surface area contributed by atoms with Crippen molar-refractivity contribution in [1.29, 1.82) is 0 Å². The number of aromatic nitrogens is 3. The molecule has 0 aliphatic heterocycles. The van der Waals surface area contributed by atoms with Crippen molar-refractivity contribution in [3.05, 3.63) is 88.6 Å². The quantitative estimate of drug-likeness (QED) is 0.392. The normalized spacial score (nSPS) is 12.0. The number of nitrogens with zero attached hydrogens (tertiary/aromatic N) is 3. The highest BCUT2D eigenvalue weighted by molar-refractivity contribution is 6.30. The number of aryl methyl sites for hydroxylation is 1. The van der Waals surface area contributed by atoms with Crippen molar-refractivity contribution in [2.24, 2.45) is 0 Å². The van der Waals surface area contributed by atoms with E-state index in [9.17, 15) is 9.18 Å². The molecule has 1 N–H and O–H groups in total. The highest BCUT2D eigenvalue weighted by Gasteiger charge is 2.16. The molecule has 0 bridgehead atoms. The van der Waals surface area contributed by atoms with Crippen LogP contribution < -0.4 is 10.1 Å². The first kappa shape index (κ1) is 22.7. The molecule has 4 aromatic rings. The van der Waals surface area contributed by atoms with Crippen molar-refractivity contribution in [2.75, 3.05) is 7.11 Å². The number of ether oxygens (including phenoxy) is 1. The molecule has 1 amide bonds. The molecule has 170 valence electrons. The number of rotatable bonds is 8. The summed E-state index contributed by atoms with van der Waals surface area (Å²) >= 11 is 5.94. The Kier molecular flexibility index (Phi) is 6.89. The molecule has 0 radical (unpaired) electrons. The molecular formula is C25H24ClFN4O2. The Balaban J connectivity index is 1.50. The van der Waals surface area contributed by atoms with Crippen LogP contribution in [0.1, 0.15) is 36.3 Å². The molecule has 2 heterocycles. The zero-order chi connectivity index (χ0) is 23.4. The minimum Gasteiger partial charge on any atom is -0.494 e. The molecule has 0 aliphatic rings. The molecule has 33 heavy (non-hydrogen) atoms. The number of halogens is 2. The van der Waals surface area contributed by atoms with Gasteiger partial charge in [0, 0.05) is 24.1 Å². The smallest absolute Gasteiger partial charge is 0.220 e. The van der Waals surface area contributed by atoms with Crippen LogP contribution in [-0.4, -0.2) is 27.6 Å². The van der Waals surface area contributed by atoms with E-state index in [2.05, 4.69) is 15.3 Å². The third-order valence-corrected chi connectivity index (χ3v) is 5.71. The fourth-order valence-electron chi connectivity index (χ4n) is 3.73. The summed E-state index contributed by atoms with van der Waals surface area (Å²) in [5, 5.41) is 3.66. The maximum Gasteiger partial charge on any atom is 0.220 e. The predicted molar refractivity (Wildman–Crippen MR) is 126 cm³/mol. The minimum atomic E-state index is -0.426. The van der Waals surface area contributed by atoms with Gasteiger partial charge in [0.05, 0.1) is 19.7 Å². The van der Waals surface area contributed by atoms with Crippen LogP contribution in [-0.2, 0) is 17.8 Å². The monoisotopic (exact) mass is 466 g/mol. The molecule has 6 nitrogen and oxygen atoms in total. The molecule has 1 unspecified atom stereocenters. The van der Waals surface area contributed by atoms with E-state index in [0.717, 1.165) is 16.6 Å². The first-order chi connectivity index (χ1) is 15.9. The number of methoxy groups -OCH3 is 1. The molecule has 2 aromatic carbocycles. The molecule has 0 saturated carbocycles. The number of carbonyl (C=O) groups is 1. The number of fused-ring (bicyclic) bond motifs is 1. The van der Waals surface area contributed by atoms with Gasteiger partial charge < -0.3 is 14.6 Å². The summed E-state index contributed by atoms with van der Waals surface area (Å²) in [6.07, 6.45) is 2.38. The van der Waals surface area contributed by atoms with Crippen molar-refractivity contribution >= 4 is 28.7 Å². The van der Waals surface area contributed by atoms with Crippen molar-refractivity contribution in [1.82, 2.24) is 19.9 Å². The second-order valence-corrected chi connectivity index (χ2v) is 8.21. The fraction of sp³-hybridized carbons (Fsp3) is 0.240. The van der Waals surface area contributed by atoms with E-state index < -0.39 is 5.82 Å². The lowest BCUT2D eigenvalue weighted by Gasteiger charge is -2.15. The number of nitrogens with one attached hydrogen (secondary N) is 1. The Bertz CT molecular complexity index is 1270. The van der Waals surface area contributed by atoms with Crippen molar-refractivity contribution in [3.8, 4) is 5.75 Å². The van der Waals surface area contributed by atoms with Crippen LogP contribution in [0.15, 0.2) is 60.8 Å². The van der Waals surface area contributed by atoms with Crippen LogP contribution in [0.5, 0.6) is 5.75 Å². The maximum atomic E-state index is 14.2. The number of benzene rings is 2. The van der Waals surface area contributed by atoms with E-state index in [1.54, 1.807) is 30.5 Å². The van der Waals surface area contributed by atoms with E-state index in [1.807, 2.05) is 35.8 Å². The van der Waals surface area contributed by atoms with Gasteiger partial charge in [-0.05, 0) is 54.4 Å². The Hall–Kier alpha value is -3.45. The van der Waals surface area contributed by atoms with E-state index in [4.69, 9.17) is 16.3 Å². The van der Waals surface area contributed by atoms with Crippen molar-refractivity contribution in [2.45, 2.75) is 32.4 Å². The summed E-state index contributed by atoms with van der Waals surface area (Å²) in [5.41, 5.74) is 3.15. The second kappa shape index (κ2) is 10.0. The zero-order valence-electron chi connectivity index (χ0n) is 18.4. The maximum absolute atomic E-state index is 14.2. The molecule has 4 rings (SSSR count). The average molecular weight is 467 g/mol. The number of amides is 1. The molecule has 0 saturated heterocycles. The van der Waals surface area contributed by atoms with Crippen LogP contribution in [0.3, 0.4) is 0 Å². The van der Waals surface area contributed by atoms with Crippen LogP contribution >= 0.6 is 11.6 Å². The SMILES string of the molecule is COc1ccc(Cn2c(CCC(=O)NC(C)c3ccc(Cl)cc3)nc3cccnc32)cc1F. The van der Waals surface area contributed by atoms with Gasteiger partial charge in [0.15, 0.2) is 17.2 Å². The van der Waals surface area contributed by atoms with Crippen molar-refractivity contribution in [3.63, 3.8) is 0 Å². The van der Waals surface area contributed by atoms with Gasteiger partial charge >= 0.3 is 0 Å². The number of hydrogen-bond donors (Lipinski definition) is 1. The summed E-state index contributed by atoms with van der Waals surface area (Å²) < 4.78 is 21.1. The van der Waals surface area contributed by atoms with E-state index in [1.165, 1.54) is 13.2 Å². The summed E-state index contributed by atoms with van der Waals surface area (Å²) in [5.74, 6) is 0.400. The van der Waals surface area contributed by atoms with Crippen LogP contribution in [0, 0.1) is 5.82 Å². The predicted octanol–water partition coefficient (Wildman–Crippen LogP) is 5.09. The van der Waals surface area contributed by atoms with Gasteiger partial charge in [0.25, 0.3) is 0 Å². The van der Waals surface area contributed by atoms with Crippen LogP contribution in [0.2, 0.25) is 5.02 Å². The molecule has 0 aliphatic carbocycles. The van der Waals surface area contributed by atoms with Gasteiger partial charge in [-0.25, -0.2) is 14.4 Å². The van der Waals surface area contributed by atoms with Gasteiger partial charge in [-0.3, -0.25) is 4.79 Å². The Morgan fingerprint density at radius 1 is 1.21 bits per heavy atom. The topological polar surface area (TPSA) is 69.0 Å². The van der Waals surface area contributed by atoms with Gasteiger partial charge in [0.2, 0.25) is 5.91 Å². The average Bonchev–Trinajstić information content (AvgIpc) is 3.15. The molecule has 2 aromatic heterocycles. The fourth-order valence-corrected chi connectivity index (χ4v) is 3.85. The molecule has 8 heteroatoms. The van der Waals surface area contributed by atoms with Gasteiger partial charge in [0.1, 0.15) is 11.3 Å². The first-order valence-corrected chi connectivity index (χ1v) is 11.0. The highest BCUT2D eigenvalue weighted by atomic mass is 35.5. The number of pyridine rings is 1. The largest absolute Gasteiger partial charge is 0.494 e. The van der Waals surface area contributed by atoms with Gasteiger partial charge in [-0.2, -0.15) is 0 Å². The zero-order valence-corrected chi connectivity index (χ0v) is 19.1. The Morgan fingerprint density at radius 2 is 2.00 bits per heavy atom. The summed E-state index contributed by atoms with van der Waals surface area (Å²) in [6, 6.07) is 15.8. The number of hydrogen-bond acceptors (Lipinski definition) is 4. The van der Waals surface area contributed by atoms with E-state index in [0.29, 0.717) is 29.5 Å². The first-order valence-electron chi connectivity index (χ1n) is 10.6. The lowest BCUT2D eigenvalue weighted by Crippen LogP contribution is -2.27. The minimum absolute atomic E-state index is 0.0838. The standard InChI is InChI=1S/C25H24ClFN4O2/c1-16(18-6-8-19(26)9-7-18)29-24(32)12-11-23-30-21-4-3-13-28-25(21)31(23)15-17-5-10-22(33-2)20(27)14-17/h3-10,13-14,16H,11-12,15H2,1-2H3,(H,29,32). The number of imidazole rings is 1. The van der Waals surface area contributed by atoms with Gasteiger partial charge in [-0.15, -0.1) is 0 Å². The van der Waals surface area contributed by atoms with E-state index >= 15 is 0 Å². The summed E-state index contributed by atoms with van der Waals surface area (Å²) in [4.78, 5) is 21.7. The molecule has 0 spiro atoms. The lowest BCUT2D eigenvalue weighted by atomic mass is 10.1. The van der Waals surface area contributed by atoms with E-state index in [-0.39, 0.29) is 24.1 Å². The summed E-state index contributed by atoms with van der Waals surface area (Å²) in [7, 11) is 1.43. The van der Waals surface area contributed by atoms with Crippen molar-refractivity contribution < 1.29 is 13.9 Å². The third-order valence-electron chi connectivity index (χ3n) is 5.46. The van der Waals surface area contributed by atoms with Crippen LogP contribution in [0.4, 0.5) is 4.39 Å². The lowest BCUT2D eigenvalue weighted by molar-refractivity contribution is -0.121. The second-order valence-electron chi connectivity index (χ2n) is 7.77. The molecule has 0 fully saturated rings. The highest BCUT2D eigenvalue weighted by Crippen LogP contribution is 2.22. The summed E-state index contributed by atoms with van der Waals surface area (Å²) in [6.45, 7) is 2.31. The van der Waals surface area contributed by atoms with Gasteiger partial charge in [-0.1, -0.05) is 29.8 Å².